The van der Waals surface area contributed by atoms with Gasteiger partial charge in [-0.05, 0) is 6.92 Å². The van der Waals surface area contributed by atoms with Gasteiger partial charge in [0.1, 0.15) is 0 Å². The standard InChI is InChI=1S/C11H19N3O/c1-10-11(9-13-14(10)2)5-4-6-12-7-8-15-3/h4-5,9,12H,6-8H2,1-3H3. The lowest BCUT2D eigenvalue weighted by Crippen LogP contribution is -2.18. The van der Waals surface area contributed by atoms with Crippen molar-refractivity contribution in [3.8, 4) is 0 Å². The Hall–Kier alpha value is -1.13. The van der Waals surface area contributed by atoms with Gasteiger partial charge in [0.05, 0.1) is 12.8 Å². The average molecular weight is 209 g/mol. The van der Waals surface area contributed by atoms with Gasteiger partial charge in [-0.1, -0.05) is 12.2 Å². The second kappa shape index (κ2) is 6.37. The number of nitrogens with zero attached hydrogens (tertiary/aromatic N) is 2. The summed E-state index contributed by atoms with van der Waals surface area (Å²) in [7, 11) is 3.65. The van der Waals surface area contributed by atoms with E-state index in [0.717, 1.165) is 19.7 Å². The van der Waals surface area contributed by atoms with E-state index in [4.69, 9.17) is 4.74 Å². The van der Waals surface area contributed by atoms with Gasteiger partial charge in [0, 0.05) is 38.5 Å². The first kappa shape index (κ1) is 11.9. The number of ether oxygens (including phenoxy) is 1. The largest absolute Gasteiger partial charge is 0.383 e. The van der Waals surface area contributed by atoms with Crippen LogP contribution in [0.1, 0.15) is 11.3 Å². The van der Waals surface area contributed by atoms with Gasteiger partial charge in [-0.25, -0.2) is 0 Å². The van der Waals surface area contributed by atoms with Gasteiger partial charge < -0.3 is 10.1 Å². The fourth-order valence-electron chi connectivity index (χ4n) is 1.22. The average Bonchev–Trinajstić information content (AvgIpc) is 2.54. The molecule has 0 radical (unpaired) electrons. The maximum atomic E-state index is 4.93. The third-order valence-electron chi connectivity index (χ3n) is 2.32. The molecule has 0 atom stereocenters. The topological polar surface area (TPSA) is 39.1 Å². The second-order valence-electron chi connectivity index (χ2n) is 3.41. The Labute approximate surface area is 90.9 Å². The molecule has 0 unspecified atom stereocenters. The number of methoxy groups -OCH3 is 1. The first-order chi connectivity index (χ1) is 7.25. The van der Waals surface area contributed by atoms with Crippen LogP contribution in [0.15, 0.2) is 12.3 Å². The fraction of sp³-hybridized carbons (Fsp3) is 0.545. The van der Waals surface area contributed by atoms with E-state index in [1.165, 1.54) is 11.3 Å². The van der Waals surface area contributed by atoms with Crippen molar-refractivity contribution in [2.75, 3.05) is 26.8 Å². The van der Waals surface area contributed by atoms with Gasteiger partial charge in [-0.15, -0.1) is 0 Å². The van der Waals surface area contributed by atoms with Crippen molar-refractivity contribution in [1.29, 1.82) is 0 Å². The van der Waals surface area contributed by atoms with Gasteiger partial charge in [0.15, 0.2) is 0 Å². The van der Waals surface area contributed by atoms with Crippen LogP contribution in [-0.2, 0) is 11.8 Å². The molecule has 1 aromatic rings. The van der Waals surface area contributed by atoms with Crippen molar-refractivity contribution in [2.24, 2.45) is 7.05 Å². The van der Waals surface area contributed by atoms with Crippen molar-refractivity contribution in [1.82, 2.24) is 15.1 Å². The van der Waals surface area contributed by atoms with Crippen LogP contribution in [0.3, 0.4) is 0 Å². The maximum absolute atomic E-state index is 4.93. The summed E-state index contributed by atoms with van der Waals surface area (Å²) >= 11 is 0. The predicted molar refractivity (Wildman–Crippen MR) is 61.7 cm³/mol. The molecule has 84 valence electrons. The molecule has 0 spiro atoms. The van der Waals surface area contributed by atoms with Crippen molar-refractivity contribution in [3.63, 3.8) is 0 Å². The molecule has 1 rings (SSSR count). The van der Waals surface area contributed by atoms with E-state index >= 15 is 0 Å². The highest BCUT2D eigenvalue weighted by atomic mass is 16.5. The summed E-state index contributed by atoms with van der Waals surface area (Å²) in [5.41, 5.74) is 2.36. The number of hydrogen-bond donors (Lipinski definition) is 1. The zero-order valence-electron chi connectivity index (χ0n) is 9.66. The molecule has 0 aliphatic carbocycles. The minimum atomic E-state index is 0.750. The number of aromatic nitrogens is 2. The Morgan fingerprint density at radius 3 is 3.00 bits per heavy atom. The van der Waals surface area contributed by atoms with Crippen molar-refractivity contribution < 1.29 is 4.74 Å². The van der Waals surface area contributed by atoms with E-state index in [2.05, 4.69) is 29.5 Å². The SMILES string of the molecule is COCCNCC=Cc1cnn(C)c1C. The summed E-state index contributed by atoms with van der Waals surface area (Å²) < 4.78 is 6.80. The summed E-state index contributed by atoms with van der Waals surface area (Å²) in [5, 5.41) is 7.41. The molecule has 0 amide bonds. The smallest absolute Gasteiger partial charge is 0.0587 e. The lowest BCUT2D eigenvalue weighted by molar-refractivity contribution is 0.200. The highest BCUT2D eigenvalue weighted by Crippen LogP contribution is 2.06. The van der Waals surface area contributed by atoms with Gasteiger partial charge in [-0.2, -0.15) is 5.10 Å². The molecule has 4 heteroatoms. The molecule has 0 saturated heterocycles. The summed E-state index contributed by atoms with van der Waals surface area (Å²) in [5.74, 6) is 0. The maximum Gasteiger partial charge on any atom is 0.0587 e. The van der Waals surface area contributed by atoms with Crippen LogP contribution < -0.4 is 5.32 Å². The zero-order chi connectivity index (χ0) is 11.1. The zero-order valence-corrected chi connectivity index (χ0v) is 9.66. The van der Waals surface area contributed by atoms with E-state index in [1.807, 2.05) is 17.9 Å². The number of hydrogen-bond acceptors (Lipinski definition) is 3. The van der Waals surface area contributed by atoms with Gasteiger partial charge in [-0.3, -0.25) is 4.68 Å². The fourth-order valence-corrected chi connectivity index (χ4v) is 1.22. The van der Waals surface area contributed by atoms with E-state index in [9.17, 15) is 0 Å². The third kappa shape index (κ3) is 3.85. The van der Waals surface area contributed by atoms with Gasteiger partial charge in [0.25, 0.3) is 0 Å². The predicted octanol–water partition coefficient (Wildman–Crippen LogP) is 0.978. The molecular weight excluding hydrogens is 190 g/mol. The first-order valence-corrected chi connectivity index (χ1v) is 5.10. The van der Waals surface area contributed by atoms with E-state index in [0.29, 0.717) is 0 Å². The molecule has 1 heterocycles. The number of aryl methyl sites for hydroxylation is 1. The third-order valence-corrected chi connectivity index (χ3v) is 2.32. The van der Waals surface area contributed by atoms with Crippen molar-refractivity contribution in [2.45, 2.75) is 6.92 Å². The molecule has 0 aromatic carbocycles. The van der Waals surface area contributed by atoms with E-state index in [-0.39, 0.29) is 0 Å². The van der Waals surface area contributed by atoms with Crippen molar-refractivity contribution in [3.05, 3.63) is 23.5 Å². The molecule has 4 nitrogen and oxygen atoms in total. The van der Waals surface area contributed by atoms with Crippen LogP contribution in [0.2, 0.25) is 0 Å². The number of rotatable bonds is 6. The monoisotopic (exact) mass is 209 g/mol. The lowest BCUT2D eigenvalue weighted by Gasteiger charge is -1.99. The van der Waals surface area contributed by atoms with Crippen LogP contribution in [0, 0.1) is 6.92 Å². The molecular formula is C11H19N3O. The molecule has 0 bridgehead atoms. The number of nitrogens with one attached hydrogen (secondary N) is 1. The summed E-state index contributed by atoms with van der Waals surface area (Å²) in [6.45, 7) is 4.55. The van der Waals surface area contributed by atoms with Crippen LogP contribution in [0.4, 0.5) is 0 Å². The normalized spacial score (nSPS) is 11.4. The van der Waals surface area contributed by atoms with Crippen LogP contribution in [0.5, 0.6) is 0 Å². The van der Waals surface area contributed by atoms with Gasteiger partial charge in [0.2, 0.25) is 0 Å². The highest BCUT2D eigenvalue weighted by molar-refractivity contribution is 5.50. The molecule has 0 fully saturated rings. The first-order valence-electron chi connectivity index (χ1n) is 5.10. The lowest BCUT2D eigenvalue weighted by atomic mass is 10.2. The molecule has 0 saturated carbocycles. The van der Waals surface area contributed by atoms with Gasteiger partial charge >= 0.3 is 0 Å². The highest BCUT2D eigenvalue weighted by Gasteiger charge is 1.97. The second-order valence-corrected chi connectivity index (χ2v) is 3.41. The minimum Gasteiger partial charge on any atom is -0.383 e. The summed E-state index contributed by atoms with van der Waals surface area (Å²) in [6.07, 6.45) is 6.06. The van der Waals surface area contributed by atoms with Crippen molar-refractivity contribution >= 4 is 6.08 Å². The molecule has 1 N–H and O–H groups in total. The molecule has 0 aliphatic rings. The summed E-state index contributed by atoms with van der Waals surface area (Å²) in [6, 6.07) is 0. The molecule has 1 aromatic heterocycles. The summed E-state index contributed by atoms with van der Waals surface area (Å²) in [4.78, 5) is 0. The Bertz CT molecular complexity index is 318. The van der Waals surface area contributed by atoms with Crippen LogP contribution in [0.25, 0.3) is 6.08 Å². The Morgan fingerprint density at radius 2 is 2.40 bits per heavy atom. The Morgan fingerprint density at radius 1 is 1.60 bits per heavy atom. The van der Waals surface area contributed by atoms with E-state index in [1.54, 1.807) is 7.11 Å². The van der Waals surface area contributed by atoms with E-state index < -0.39 is 0 Å². The molecule has 0 aliphatic heterocycles. The Kier molecular flexibility index (Phi) is 5.07. The quantitative estimate of drug-likeness (QED) is 0.710. The molecule has 15 heavy (non-hydrogen) atoms. The van der Waals surface area contributed by atoms with Crippen LogP contribution >= 0.6 is 0 Å². The van der Waals surface area contributed by atoms with Crippen LogP contribution in [-0.4, -0.2) is 36.6 Å². The minimum absolute atomic E-state index is 0.750. The Balaban J connectivity index is 2.29.